The first-order valence-corrected chi connectivity index (χ1v) is 6.48. The minimum absolute atomic E-state index is 0.149. The van der Waals surface area contributed by atoms with E-state index in [4.69, 9.17) is 0 Å². The van der Waals surface area contributed by atoms with Crippen molar-refractivity contribution in [1.82, 2.24) is 4.98 Å². The van der Waals surface area contributed by atoms with Crippen LogP contribution in [0.15, 0.2) is 41.2 Å². The van der Waals surface area contributed by atoms with Crippen molar-refractivity contribution in [3.63, 3.8) is 0 Å². The Balaban J connectivity index is 2.48. The number of carbonyl (C=O) groups excluding carboxylic acids is 1. The van der Waals surface area contributed by atoms with E-state index >= 15 is 0 Å². The van der Waals surface area contributed by atoms with Crippen LogP contribution in [0.2, 0.25) is 0 Å². The Morgan fingerprint density at radius 1 is 1.44 bits per heavy atom. The van der Waals surface area contributed by atoms with Crippen LogP contribution in [0, 0.1) is 11.3 Å². The molecule has 1 atom stereocenters. The van der Waals surface area contributed by atoms with Crippen molar-refractivity contribution in [2.45, 2.75) is 18.8 Å². The monoisotopic (exact) mass is 256 g/mol. The number of hydrogen-bond acceptors (Lipinski definition) is 4. The maximum absolute atomic E-state index is 12.0. The minimum Gasteiger partial charge on any atom is -0.298 e. The predicted octanol–water partition coefficient (Wildman–Crippen LogP) is 2.74. The number of nitrogens with zero attached hydrogens (tertiary/aromatic N) is 2. The Morgan fingerprint density at radius 2 is 2.17 bits per heavy atom. The largest absolute Gasteiger partial charge is 0.298 e. The summed E-state index contributed by atoms with van der Waals surface area (Å²) in [5.41, 5.74) is 2.09. The number of thiazole rings is 1. The quantitative estimate of drug-likeness (QED) is 0.845. The lowest BCUT2D eigenvalue weighted by Gasteiger charge is -2.23. The van der Waals surface area contributed by atoms with Crippen molar-refractivity contribution in [2.24, 2.45) is 0 Å². The predicted molar refractivity (Wildman–Crippen MR) is 70.2 cm³/mol. The molecule has 0 aliphatic heterocycles. The molecule has 0 amide bonds. The number of aromatic nitrogens is 1. The summed E-state index contributed by atoms with van der Waals surface area (Å²) in [6.07, 6.45) is 0.326. The molecule has 0 radical (unpaired) electrons. The van der Waals surface area contributed by atoms with Crippen molar-refractivity contribution in [3.8, 4) is 6.07 Å². The van der Waals surface area contributed by atoms with Gasteiger partial charge in [-0.3, -0.25) is 4.79 Å². The molecule has 2 rings (SSSR count). The van der Waals surface area contributed by atoms with Crippen molar-refractivity contribution < 1.29 is 4.79 Å². The molecule has 1 unspecified atom stereocenters. The molecule has 0 saturated heterocycles. The zero-order chi connectivity index (χ0) is 13.0. The molecule has 0 saturated carbocycles. The number of benzene rings is 1. The number of nitriles is 1. The molecule has 0 aliphatic carbocycles. The first kappa shape index (κ1) is 12.5. The summed E-state index contributed by atoms with van der Waals surface area (Å²) < 4.78 is 0. The van der Waals surface area contributed by atoms with E-state index < -0.39 is 5.41 Å². The van der Waals surface area contributed by atoms with Gasteiger partial charge in [-0.25, -0.2) is 4.98 Å². The molecule has 0 aliphatic rings. The average Bonchev–Trinajstić information content (AvgIpc) is 2.89. The average molecular weight is 256 g/mol. The molecule has 18 heavy (non-hydrogen) atoms. The highest BCUT2D eigenvalue weighted by Crippen LogP contribution is 2.29. The van der Waals surface area contributed by atoms with Gasteiger partial charge in [-0.05, 0) is 12.5 Å². The minimum atomic E-state index is -1.13. The Labute approximate surface area is 110 Å². The van der Waals surface area contributed by atoms with Crippen molar-refractivity contribution >= 4 is 17.1 Å². The molecule has 1 heterocycles. The van der Waals surface area contributed by atoms with Crippen LogP contribution < -0.4 is 0 Å². The molecular formula is C14H12N2OS. The fourth-order valence-corrected chi connectivity index (χ4v) is 2.49. The summed E-state index contributed by atoms with van der Waals surface area (Å²) in [4.78, 5) is 16.1. The molecule has 1 aromatic carbocycles. The van der Waals surface area contributed by atoms with Crippen molar-refractivity contribution in [1.29, 1.82) is 5.26 Å². The Hall–Kier alpha value is -1.99. The Morgan fingerprint density at radius 3 is 2.67 bits per heavy atom. The Bertz CT molecular complexity index is 572. The van der Waals surface area contributed by atoms with Gasteiger partial charge in [0.2, 0.25) is 0 Å². The summed E-state index contributed by atoms with van der Waals surface area (Å²) in [6.45, 7) is 1.46. The normalized spacial score (nSPS) is 13.6. The van der Waals surface area contributed by atoms with Crippen LogP contribution in [0.4, 0.5) is 0 Å². The third-order valence-corrected chi connectivity index (χ3v) is 3.62. The van der Waals surface area contributed by atoms with Gasteiger partial charge in [0, 0.05) is 11.8 Å². The van der Waals surface area contributed by atoms with Crippen LogP contribution in [0.3, 0.4) is 0 Å². The van der Waals surface area contributed by atoms with Gasteiger partial charge in [0.1, 0.15) is 5.41 Å². The first-order chi connectivity index (χ1) is 8.69. The van der Waals surface area contributed by atoms with Gasteiger partial charge in [0.25, 0.3) is 0 Å². The van der Waals surface area contributed by atoms with Gasteiger partial charge < -0.3 is 0 Å². The van der Waals surface area contributed by atoms with Crippen LogP contribution in [0.1, 0.15) is 18.2 Å². The molecule has 4 heteroatoms. The Kier molecular flexibility index (Phi) is 3.54. The van der Waals surface area contributed by atoms with Gasteiger partial charge in [-0.2, -0.15) is 5.26 Å². The third kappa shape index (κ3) is 2.18. The van der Waals surface area contributed by atoms with Gasteiger partial charge >= 0.3 is 0 Å². The van der Waals surface area contributed by atoms with E-state index in [1.807, 2.05) is 35.7 Å². The molecule has 0 spiro atoms. The van der Waals surface area contributed by atoms with Crippen LogP contribution in [0.5, 0.6) is 0 Å². The molecule has 0 bridgehead atoms. The van der Waals surface area contributed by atoms with Crippen LogP contribution in [-0.4, -0.2) is 10.8 Å². The highest BCUT2D eigenvalue weighted by atomic mass is 32.1. The number of carbonyl (C=O) groups is 1. The lowest BCUT2D eigenvalue weighted by Crippen LogP contribution is -2.35. The lowest BCUT2D eigenvalue weighted by atomic mass is 9.75. The number of Topliss-reactive ketones (excluding diaryl/α,β-unsaturated/α-hetero) is 1. The first-order valence-electron chi connectivity index (χ1n) is 5.54. The zero-order valence-corrected chi connectivity index (χ0v) is 10.8. The number of rotatable bonds is 4. The second-order valence-corrected chi connectivity index (χ2v) is 4.81. The van der Waals surface area contributed by atoms with Crippen LogP contribution >= 0.6 is 11.3 Å². The SMILES string of the molecule is CC(=O)C(C#N)(Cc1cscn1)c1ccccc1. The second-order valence-electron chi connectivity index (χ2n) is 4.10. The number of ketones is 1. The molecule has 90 valence electrons. The third-order valence-electron chi connectivity index (χ3n) is 2.99. The van der Waals surface area contributed by atoms with Crippen molar-refractivity contribution in [3.05, 3.63) is 52.5 Å². The van der Waals surface area contributed by atoms with E-state index in [1.165, 1.54) is 18.3 Å². The summed E-state index contributed by atoms with van der Waals surface area (Å²) >= 11 is 1.47. The molecule has 1 aromatic heterocycles. The highest BCUT2D eigenvalue weighted by molar-refractivity contribution is 7.07. The van der Waals surface area contributed by atoms with Crippen LogP contribution in [-0.2, 0) is 16.6 Å². The van der Waals surface area contributed by atoms with E-state index in [0.717, 1.165) is 11.3 Å². The molecule has 2 aromatic rings. The zero-order valence-electron chi connectivity index (χ0n) is 9.96. The maximum Gasteiger partial charge on any atom is 0.154 e. The summed E-state index contributed by atoms with van der Waals surface area (Å²) in [6, 6.07) is 11.4. The summed E-state index contributed by atoms with van der Waals surface area (Å²) in [7, 11) is 0. The van der Waals surface area contributed by atoms with E-state index in [9.17, 15) is 10.1 Å². The topological polar surface area (TPSA) is 53.8 Å². The van der Waals surface area contributed by atoms with Gasteiger partial charge in [0.05, 0.1) is 17.3 Å². The van der Waals surface area contributed by atoms with Gasteiger partial charge in [-0.1, -0.05) is 30.3 Å². The van der Waals surface area contributed by atoms with E-state index in [2.05, 4.69) is 11.1 Å². The number of hydrogen-bond donors (Lipinski definition) is 0. The maximum atomic E-state index is 12.0. The van der Waals surface area contributed by atoms with Gasteiger partial charge in [0.15, 0.2) is 5.78 Å². The second kappa shape index (κ2) is 5.11. The highest BCUT2D eigenvalue weighted by Gasteiger charge is 2.38. The summed E-state index contributed by atoms with van der Waals surface area (Å²) in [5, 5.41) is 11.4. The van der Waals surface area contributed by atoms with E-state index in [0.29, 0.717) is 6.42 Å². The van der Waals surface area contributed by atoms with Crippen LogP contribution in [0.25, 0.3) is 0 Å². The molecular weight excluding hydrogens is 244 g/mol. The molecule has 0 fully saturated rings. The summed E-state index contributed by atoms with van der Waals surface area (Å²) in [5.74, 6) is -0.149. The molecule has 3 nitrogen and oxygen atoms in total. The molecule has 0 N–H and O–H groups in total. The van der Waals surface area contributed by atoms with Gasteiger partial charge in [-0.15, -0.1) is 11.3 Å². The van der Waals surface area contributed by atoms with E-state index in [1.54, 1.807) is 5.51 Å². The van der Waals surface area contributed by atoms with E-state index in [-0.39, 0.29) is 5.78 Å². The van der Waals surface area contributed by atoms with Crippen molar-refractivity contribution in [2.75, 3.05) is 0 Å². The standard InChI is InChI=1S/C14H12N2OS/c1-11(17)14(9-15,7-13-8-18-10-16-13)12-5-3-2-4-6-12/h2-6,8,10H,7H2,1H3. The fraction of sp³-hybridized carbons (Fsp3) is 0.214. The smallest absolute Gasteiger partial charge is 0.154 e. The fourth-order valence-electron chi connectivity index (χ4n) is 1.93. The lowest BCUT2D eigenvalue weighted by molar-refractivity contribution is -0.120.